The van der Waals surface area contributed by atoms with E-state index in [0.717, 1.165) is 50.2 Å². The molecule has 0 spiro atoms. The normalized spacial score (nSPS) is 22.9. The van der Waals surface area contributed by atoms with Gasteiger partial charge < -0.3 is 20.7 Å². The summed E-state index contributed by atoms with van der Waals surface area (Å²) >= 11 is 6.45. The van der Waals surface area contributed by atoms with Crippen LogP contribution < -0.4 is 16.0 Å². The van der Waals surface area contributed by atoms with Crippen LogP contribution >= 0.6 is 11.6 Å². The molecule has 0 aromatic carbocycles. The fourth-order valence-electron chi connectivity index (χ4n) is 4.28. The zero-order valence-corrected chi connectivity index (χ0v) is 20.1. The zero-order chi connectivity index (χ0) is 22.6. The third-order valence-corrected chi connectivity index (χ3v) is 6.84. The molecule has 1 atom stereocenters. The fraction of sp³-hybridized carbons (Fsp3) is 0.625. The molecule has 2 aliphatic rings. The summed E-state index contributed by atoms with van der Waals surface area (Å²) in [4.78, 5) is 13.6. The highest BCUT2D eigenvalue weighted by atomic mass is 35.5. The largest absolute Gasteiger partial charge is 0.384 e. The van der Waals surface area contributed by atoms with E-state index in [2.05, 4.69) is 39.8 Å². The lowest BCUT2D eigenvalue weighted by Crippen LogP contribution is -2.43. The predicted octanol–water partition coefficient (Wildman–Crippen LogP) is 4.75. The van der Waals surface area contributed by atoms with Crippen molar-refractivity contribution in [2.24, 2.45) is 5.41 Å². The molecule has 2 fully saturated rings. The highest BCUT2D eigenvalue weighted by Crippen LogP contribution is 2.44. The first-order valence-corrected chi connectivity index (χ1v) is 12.1. The number of pyridine rings is 1. The molecule has 0 amide bonds. The van der Waals surface area contributed by atoms with E-state index >= 15 is 0 Å². The number of halogens is 1. The third kappa shape index (κ3) is 6.30. The first kappa shape index (κ1) is 23.2. The van der Waals surface area contributed by atoms with Gasteiger partial charge in [-0.05, 0) is 63.0 Å². The number of ether oxygens (including phenoxy) is 1. The second kappa shape index (κ2) is 10.3. The van der Waals surface area contributed by atoms with Gasteiger partial charge in [-0.1, -0.05) is 18.5 Å². The Labute approximate surface area is 196 Å². The highest BCUT2D eigenvalue weighted by molar-refractivity contribution is 6.32. The molecule has 8 heteroatoms. The van der Waals surface area contributed by atoms with E-state index in [9.17, 15) is 0 Å². The number of hydrogen-bond donors (Lipinski definition) is 3. The van der Waals surface area contributed by atoms with Crippen molar-refractivity contribution in [3.63, 3.8) is 0 Å². The van der Waals surface area contributed by atoms with Crippen LogP contribution in [0.1, 0.15) is 52.4 Å². The van der Waals surface area contributed by atoms with Crippen molar-refractivity contribution in [2.45, 2.75) is 70.5 Å². The Hall–Kier alpha value is -1.96. The van der Waals surface area contributed by atoms with Gasteiger partial charge >= 0.3 is 0 Å². The molecule has 2 aromatic rings. The van der Waals surface area contributed by atoms with E-state index in [0.29, 0.717) is 40.2 Å². The SMILES string of the molecule is COC[C@@H](C)NC1CCC(Nc2ncc(Cl)c(-c3cc(NCC4(C)CC4)ccn3)n2)CC1. The maximum Gasteiger partial charge on any atom is 0.223 e. The molecule has 174 valence electrons. The van der Waals surface area contributed by atoms with Gasteiger partial charge in [-0.2, -0.15) is 0 Å². The number of aromatic nitrogens is 3. The van der Waals surface area contributed by atoms with Gasteiger partial charge in [0.1, 0.15) is 5.69 Å². The Morgan fingerprint density at radius 2 is 1.94 bits per heavy atom. The summed E-state index contributed by atoms with van der Waals surface area (Å²) < 4.78 is 5.23. The van der Waals surface area contributed by atoms with Gasteiger partial charge in [0.25, 0.3) is 0 Å². The summed E-state index contributed by atoms with van der Waals surface area (Å²) in [7, 11) is 1.75. The number of anilines is 2. The molecule has 0 radical (unpaired) electrons. The van der Waals surface area contributed by atoms with E-state index in [4.69, 9.17) is 21.3 Å². The summed E-state index contributed by atoms with van der Waals surface area (Å²) in [6.07, 6.45) is 10.4. The maximum atomic E-state index is 6.45. The number of nitrogens with zero attached hydrogens (tertiary/aromatic N) is 3. The summed E-state index contributed by atoms with van der Waals surface area (Å²) in [5.41, 5.74) is 2.89. The molecule has 0 bridgehead atoms. The fourth-order valence-corrected chi connectivity index (χ4v) is 4.47. The van der Waals surface area contributed by atoms with Crippen LogP contribution in [-0.4, -0.2) is 53.3 Å². The molecule has 0 saturated heterocycles. The van der Waals surface area contributed by atoms with Gasteiger partial charge in [0, 0.05) is 43.7 Å². The van der Waals surface area contributed by atoms with Gasteiger partial charge in [-0.15, -0.1) is 0 Å². The van der Waals surface area contributed by atoms with E-state index in [1.807, 2.05) is 12.1 Å². The van der Waals surface area contributed by atoms with Crippen molar-refractivity contribution in [3.8, 4) is 11.4 Å². The van der Waals surface area contributed by atoms with Gasteiger partial charge in [-0.3, -0.25) is 4.98 Å². The average Bonchev–Trinajstić information content (AvgIpc) is 3.53. The van der Waals surface area contributed by atoms with E-state index < -0.39 is 0 Å². The smallest absolute Gasteiger partial charge is 0.223 e. The van der Waals surface area contributed by atoms with Crippen molar-refractivity contribution in [2.75, 3.05) is 30.9 Å². The second-order valence-corrected chi connectivity index (χ2v) is 10.1. The molecule has 4 rings (SSSR count). The van der Waals surface area contributed by atoms with Crippen LogP contribution in [0.25, 0.3) is 11.4 Å². The van der Waals surface area contributed by atoms with Crippen molar-refractivity contribution < 1.29 is 4.74 Å². The summed E-state index contributed by atoms with van der Waals surface area (Å²) in [5, 5.41) is 11.2. The lowest BCUT2D eigenvalue weighted by molar-refractivity contribution is 0.161. The Balaban J connectivity index is 1.36. The molecule has 2 heterocycles. The third-order valence-electron chi connectivity index (χ3n) is 6.57. The Kier molecular flexibility index (Phi) is 7.48. The lowest BCUT2D eigenvalue weighted by Gasteiger charge is -2.31. The average molecular weight is 459 g/mol. The van der Waals surface area contributed by atoms with Crippen molar-refractivity contribution >= 4 is 23.2 Å². The monoisotopic (exact) mass is 458 g/mol. The summed E-state index contributed by atoms with van der Waals surface area (Å²) in [6.45, 7) is 6.19. The van der Waals surface area contributed by atoms with Crippen molar-refractivity contribution in [1.29, 1.82) is 0 Å². The Morgan fingerprint density at radius 1 is 1.19 bits per heavy atom. The first-order valence-electron chi connectivity index (χ1n) is 11.7. The molecule has 7 nitrogen and oxygen atoms in total. The Morgan fingerprint density at radius 3 is 2.66 bits per heavy atom. The summed E-state index contributed by atoms with van der Waals surface area (Å²) in [5.74, 6) is 0.610. The topological polar surface area (TPSA) is 84.0 Å². The molecule has 3 N–H and O–H groups in total. The van der Waals surface area contributed by atoms with Crippen LogP contribution in [0.3, 0.4) is 0 Å². The predicted molar refractivity (Wildman–Crippen MR) is 130 cm³/mol. The molecule has 0 unspecified atom stereocenters. The van der Waals surface area contributed by atoms with Crippen molar-refractivity contribution in [1.82, 2.24) is 20.3 Å². The number of hydrogen-bond acceptors (Lipinski definition) is 7. The Bertz CT molecular complexity index is 898. The molecular weight excluding hydrogens is 424 g/mol. The number of methoxy groups -OCH3 is 1. The van der Waals surface area contributed by atoms with Crippen molar-refractivity contribution in [3.05, 3.63) is 29.5 Å². The van der Waals surface area contributed by atoms with Crippen LogP contribution in [0.15, 0.2) is 24.5 Å². The van der Waals surface area contributed by atoms with E-state index in [1.165, 1.54) is 12.8 Å². The van der Waals surface area contributed by atoms with Crippen LogP contribution in [0.2, 0.25) is 5.02 Å². The van der Waals surface area contributed by atoms with E-state index in [1.54, 1.807) is 19.5 Å². The van der Waals surface area contributed by atoms with Gasteiger partial charge in [0.15, 0.2) is 0 Å². The number of rotatable bonds is 10. The summed E-state index contributed by atoms with van der Waals surface area (Å²) in [6, 6.07) is 5.28. The van der Waals surface area contributed by atoms with Crippen LogP contribution in [0.4, 0.5) is 11.6 Å². The lowest BCUT2D eigenvalue weighted by atomic mass is 9.91. The van der Waals surface area contributed by atoms with Gasteiger partial charge in [0.05, 0.1) is 23.5 Å². The van der Waals surface area contributed by atoms with Gasteiger partial charge in [0.2, 0.25) is 5.95 Å². The highest BCUT2D eigenvalue weighted by Gasteiger charge is 2.36. The minimum atomic E-state index is 0.361. The molecular formula is C24H35ClN6O. The second-order valence-electron chi connectivity index (χ2n) is 9.70. The molecule has 2 saturated carbocycles. The van der Waals surface area contributed by atoms with Crippen LogP contribution in [0.5, 0.6) is 0 Å². The zero-order valence-electron chi connectivity index (χ0n) is 19.3. The quantitative estimate of drug-likeness (QED) is 0.473. The van der Waals surface area contributed by atoms with Gasteiger partial charge in [-0.25, -0.2) is 9.97 Å². The van der Waals surface area contributed by atoms with E-state index in [-0.39, 0.29) is 0 Å². The standard InChI is InChI=1S/C24H35ClN6O/c1-16(14-32-3)29-17-4-6-18(7-5-17)30-23-27-13-20(25)22(31-23)21-12-19(8-11-26-21)28-15-24(2)9-10-24/h8,11-13,16-18,29H,4-7,9-10,14-15H2,1-3H3,(H,26,28)(H,27,30,31)/t16-,17?,18?/m1/s1. The molecule has 2 aliphatic carbocycles. The maximum absolute atomic E-state index is 6.45. The molecule has 2 aromatic heterocycles. The minimum absolute atomic E-state index is 0.361. The molecule has 32 heavy (non-hydrogen) atoms. The first-order chi connectivity index (χ1) is 15.4. The minimum Gasteiger partial charge on any atom is -0.384 e. The molecule has 0 aliphatic heterocycles. The van der Waals surface area contributed by atoms with Crippen LogP contribution in [-0.2, 0) is 4.74 Å². The number of nitrogens with one attached hydrogen (secondary N) is 3. The van der Waals surface area contributed by atoms with Crippen LogP contribution in [0, 0.1) is 5.41 Å².